The molecule has 1 N–H and O–H groups in total. The summed E-state index contributed by atoms with van der Waals surface area (Å²) in [6.07, 6.45) is 1.44. The Balaban J connectivity index is 2.07. The molecule has 0 fully saturated rings. The van der Waals surface area contributed by atoms with Crippen LogP contribution in [-0.2, 0) is 9.59 Å². The third-order valence-corrected chi connectivity index (χ3v) is 3.73. The molecular formula is C19H14F2N2O2. The number of carbonyl (C=O) groups is 2. The van der Waals surface area contributed by atoms with E-state index in [1.165, 1.54) is 12.1 Å². The van der Waals surface area contributed by atoms with Crippen LogP contribution in [0.3, 0.4) is 0 Å². The van der Waals surface area contributed by atoms with Gasteiger partial charge in [0, 0.05) is 18.3 Å². The van der Waals surface area contributed by atoms with Gasteiger partial charge >= 0.3 is 0 Å². The van der Waals surface area contributed by atoms with E-state index < -0.39 is 23.4 Å². The molecule has 2 aromatic rings. The average Bonchev–Trinajstić information content (AvgIpc) is 2.84. The number of rotatable bonds is 5. The van der Waals surface area contributed by atoms with Gasteiger partial charge in [-0.1, -0.05) is 36.4 Å². The smallest absolute Gasteiger partial charge is 0.278 e. The largest absolute Gasteiger partial charge is 0.350 e. The molecule has 1 heterocycles. The summed E-state index contributed by atoms with van der Waals surface area (Å²) in [5, 5.41) is 2.75. The monoisotopic (exact) mass is 340 g/mol. The molecule has 0 aliphatic carbocycles. The Morgan fingerprint density at radius 1 is 1.00 bits per heavy atom. The molecule has 0 atom stereocenters. The summed E-state index contributed by atoms with van der Waals surface area (Å²) < 4.78 is 26.5. The Bertz CT molecular complexity index is 892. The van der Waals surface area contributed by atoms with Crippen molar-refractivity contribution in [3.05, 3.63) is 84.1 Å². The van der Waals surface area contributed by atoms with Crippen molar-refractivity contribution in [2.45, 2.75) is 0 Å². The van der Waals surface area contributed by atoms with Crippen LogP contribution >= 0.6 is 0 Å². The number of nitrogens with one attached hydrogen (secondary N) is 1. The third kappa shape index (κ3) is 3.06. The molecule has 0 saturated heterocycles. The lowest BCUT2D eigenvalue weighted by Gasteiger charge is -2.12. The van der Waals surface area contributed by atoms with Gasteiger partial charge in [-0.15, -0.1) is 6.58 Å². The lowest BCUT2D eigenvalue weighted by atomic mass is 10.0. The van der Waals surface area contributed by atoms with Gasteiger partial charge in [0.15, 0.2) is 11.6 Å². The number of benzene rings is 2. The second-order valence-electron chi connectivity index (χ2n) is 5.38. The van der Waals surface area contributed by atoms with Crippen molar-refractivity contribution in [3.63, 3.8) is 0 Å². The Morgan fingerprint density at radius 2 is 1.72 bits per heavy atom. The Kier molecular flexibility index (Phi) is 4.43. The Labute approximate surface area is 143 Å². The van der Waals surface area contributed by atoms with Crippen LogP contribution in [0.4, 0.5) is 14.5 Å². The zero-order valence-corrected chi connectivity index (χ0v) is 13.1. The van der Waals surface area contributed by atoms with Gasteiger partial charge in [0.05, 0.1) is 5.57 Å². The fourth-order valence-electron chi connectivity index (χ4n) is 2.58. The van der Waals surface area contributed by atoms with Crippen molar-refractivity contribution in [3.8, 4) is 0 Å². The van der Waals surface area contributed by atoms with E-state index in [0.29, 0.717) is 5.56 Å². The molecule has 0 unspecified atom stereocenters. The fraction of sp³-hybridized carbons (Fsp3) is 0.0526. The van der Waals surface area contributed by atoms with Gasteiger partial charge in [0.2, 0.25) is 0 Å². The predicted octanol–water partition coefficient (Wildman–Crippen LogP) is 3.34. The van der Waals surface area contributed by atoms with Gasteiger partial charge in [-0.05, 0) is 17.7 Å². The van der Waals surface area contributed by atoms with Crippen molar-refractivity contribution in [1.29, 1.82) is 0 Å². The standard InChI is InChI=1S/C19H14F2N2O2/c1-2-10-23-18(24)16(12-6-4-3-5-7-12)17(19(23)25)22-13-8-9-14(20)15(21)11-13/h2-9,11,22H,1,10H2. The highest BCUT2D eigenvalue weighted by Crippen LogP contribution is 2.30. The van der Waals surface area contributed by atoms with E-state index in [0.717, 1.165) is 17.0 Å². The van der Waals surface area contributed by atoms with Crippen LogP contribution in [0.2, 0.25) is 0 Å². The van der Waals surface area contributed by atoms with E-state index >= 15 is 0 Å². The van der Waals surface area contributed by atoms with Crippen LogP contribution in [0.5, 0.6) is 0 Å². The van der Waals surface area contributed by atoms with Crippen molar-refractivity contribution in [2.24, 2.45) is 0 Å². The summed E-state index contributed by atoms with van der Waals surface area (Å²) in [5.74, 6) is -3.06. The zero-order chi connectivity index (χ0) is 18.0. The first-order valence-corrected chi connectivity index (χ1v) is 7.51. The average molecular weight is 340 g/mol. The highest BCUT2D eigenvalue weighted by Gasteiger charge is 2.38. The lowest BCUT2D eigenvalue weighted by molar-refractivity contribution is -0.136. The number of hydrogen-bond acceptors (Lipinski definition) is 3. The minimum Gasteiger partial charge on any atom is -0.350 e. The molecule has 0 saturated carbocycles. The first-order valence-electron chi connectivity index (χ1n) is 7.51. The molecule has 3 rings (SSSR count). The highest BCUT2D eigenvalue weighted by molar-refractivity contribution is 6.36. The third-order valence-electron chi connectivity index (χ3n) is 3.73. The van der Waals surface area contributed by atoms with Gasteiger partial charge < -0.3 is 5.32 Å². The quantitative estimate of drug-likeness (QED) is 0.671. The Morgan fingerprint density at radius 3 is 2.36 bits per heavy atom. The number of imide groups is 1. The Hall–Kier alpha value is -3.28. The zero-order valence-electron chi connectivity index (χ0n) is 13.1. The van der Waals surface area contributed by atoms with Gasteiger partial charge in [-0.25, -0.2) is 8.78 Å². The van der Waals surface area contributed by atoms with Crippen LogP contribution < -0.4 is 5.32 Å². The molecule has 0 bridgehead atoms. The summed E-state index contributed by atoms with van der Waals surface area (Å²) in [4.78, 5) is 26.3. The van der Waals surface area contributed by atoms with Gasteiger partial charge in [-0.3, -0.25) is 14.5 Å². The van der Waals surface area contributed by atoms with Gasteiger partial charge in [-0.2, -0.15) is 0 Å². The number of nitrogens with zero attached hydrogens (tertiary/aromatic N) is 1. The van der Waals surface area contributed by atoms with Crippen molar-refractivity contribution in [2.75, 3.05) is 11.9 Å². The fourth-order valence-corrected chi connectivity index (χ4v) is 2.58. The molecular weight excluding hydrogens is 326 g/mol. The number of anilines is 1. The van der Waals surface area contributed by atoms with Crippen molar-refractivity contribution in [1.82, 2.24) is 4.90 Å². The van der Waals surface area contributed by atoms with E-state index in [-0.39, 0.29) is 23.5 Å². The van der Waals surface area contributed by atoms with Crippen molar-refractivity contribution < 1.29 is 18.4 Å². The van der Waals surface area contributed by atoms with Crippen molar-refractivity contribution >= 4 is 23.1 Å². The highest BCUT2D eigenvalue weighted by atomic mass is 19.2. The molecule has 0 aromatic heterocycles. The molecule has 126 valence electrons. The number of amides is 2. The SMILES string of the molecule is C=CCN1C(=O)C(Nc2ccc(F)c(F)c2)=C(c2ccccc2)C1=O. The molecule has 25 heavy (non-hydrogen) atoms. The molecule has 4 nitrogen and oxygen atoms in total. The summed E-state index contributed by atoms with van der Waals surface area (Å²) in [6.45, 7) is 3.60. The van der Waals surface area contributed by atoms with Gasteiger partial charge in [0.1, 0.15) is 5.70 Å². The van der Waals surface area contributed by atoms with E-state index in [1.807, 2.05) is 0 Å². The van der Waals surface area contributed by atoms with Crippen LogP contribution in [0.25, 0.3) is 5.57 Å². The van der Waals surface area contributed by atoms with Crippen LogP contribution in [0.15, 0.2) is 66.9 Å². The molecule has 2 aromatic carbocycles. The van der Waals surface area contributed by atoms with E-state index in [2.05, 4.69) is 11.9 Å². The topological polar surface area (TPSA) is 49.4 Å². The second kappa shape index (κ2) is 6.68. The van der Waals surface area contributed by atoms with Gasteiger partial charge in [0.25, 0.3) is 11.8 Å². The normalized spacial score (nSPS) is 14.2. The summed E-state index contributed by atoms with van der Waals surface area (Å²) in [7, 11) is 0. The van der Waals surface area contributed by atoms with E-state index in [1.54, 1.807) is 30.3 Å². The minimum absolute atomic E-state index is 0.0176. The second-order valence-corrected chi connectivity index (χ2v) is 5.38. The van der Waals surface area contributed by atoms with E-state index in [4.69, 9.17) is 0 Å². The number of halogens is 2. The first kappa shape index (κ1) is 16.6. The first-order chi connectivity index (χ1) is 12.0. The lowest BCUT2D eigenvalue weighted by Crippen LogP contribution is -2.32. The maximum absolute atomic E-state index is 13.4. The molecule has 0 spiro atoms. The van der Waals surface area contributed by atoms with E-state index in [9.17, 15) is 18.4 Å². The molecule has 1 aliphatic heterocycles. The maximum atomic E-state index is 13.4. The maximum Gasteiger partial charge on any atom is 0.278 e. The molecule has 1 aliphatic rings. The predicted molar refractivity (Wildman–Crippen MR) is 90.3 cm³/mol. The summed E-state index contributed by atoms with van der Waals surface area (Å²) in [5.41, 5.74) is 0.919. The molecule has 6 heteroatoms. The number of hydrogen-bond donors (Lipinski definition) is 1. The molecule has 0 radical (unpaired) electrons. The number of carbonyl (C=O) groups excluding carboxylic acids is 2. The molecule has 2 amide bonds. The van der Waals surface area contributed by atoms with Crippen LogP contribution in [-0.4, -0.2) is 23.3 Å². The summed E-state index contributed by atoms with van der Waals surface area (Å²) >= 11 is 0. The minimum atomic E-state index is -1.05. The van der Waals surface area contributed by atoms with Crippen LogP contribution in [0, 0.1) is 11.6 Å². The summed E-state index contributed by atoms with van der Waals surface area (Å²) in [6, 6.07) is 11.8. The van der Waals surface area contributed by atoms with Crippen LogP contribution in [0.1, 0.15) is 5.56 Å².